The first-order chi connectivity index (χ1) is 13.0. The summed E-state index contributed by atoms with van der Waals surface area (Å²) in [6.07, 6.45) is 4.48. The topological polar surface area (TPSA) is 54.5 Å². The Balaban J connectivity index is 1.80. The van der Waals surface area contributed by atoms with Gasteiger partial charge >= 0.3 is 0 Å². The average molecular weight is 380 g/mol. The molecule has 4 nitrogen and oxygen atoms in total. The van der Waals surface area contributed by atoms with E-state index in [4.69, 9.17) is 11.6 Å². The lowest BCUT2D eigenvalue weighted by Gasteiger charge is -2.22. The number of benzene rings is 2. The van der Waals surface area contributed by atoms with Crippen LogP contribution in [0, 0.1) is 17.8 Å². The van der Waals surface area contributed by atoms with Crippen molar-refractivity contribution in [2.45, 2.75) is 13.3 Å². The summed E-state index contributed by atoms with van der Waals surface area (Å²) >= 11 is 6.12. The van der Waals surface area contributed by atoms with Crippen molar-refractivity contribution in [2.24, 2.45) is 17.8 Å². The maximum Gasteiger partial charge on any atom is 0.238 e. The lowest BCUT2D eigenvalue weighted by atomic mass is 9.78. The summed E-state index contributed by atoms with van der Waals surface area (Å²) in [5.74, 6) is -1.51. The van der Waals surface area contributed by atoms with Gasteiger partial charge in [-0.05, 0) is 30.5 Å². The van der Waals surface area contributed by atoms with Crippen molar-refractivity contribution in [1.29, 1.82) is 0 Å². The molecule has 5 heteroatoms. The third-order valence-corrected chi connectivity index (χ3v) is 5.59. The van der Waals surface area contributed by atoms with E-state index < -0.39 is 0 Å². The smallest absolute Gasteiger partial charge is 0.238 e. The summed E-state index contributed by atoms with van der Waals surface area (Å²) in [4.78, 5) is 40.3. The zero-order valence-electron chi connectivity index (χ0n) is 14.8. The Morgan fingerprint density at radius 3 is 2.52 bits per heavy atom. The van der Waals surface area contributed by atoms with E-state index in [2.05, 4.69) is 0 Å². The molecule has 0 spiro atoms. The van der Waals surface area contributed by atoms with Gasteiger partial charge in [0.1, 0.15) is 0 Å². The molecule has 3 atom stereocenters. The van der Waals surface area contributed by atoms with Gasteiger partial charge in [0.05, 0.1) is 17.5 Å². The highest BCUT2D eigenvalue weighted by Gasteiger charge is 2.51. The number of nitrogens with zero attached hydrogens (tertiary/aromatic N) is 1. The fraction of sp³-hybridized carbons (Fsp3) is 0.227. The summed E-state index contributed by atoms with van der Waals surface area (Å²) in [6.45, 7) is 1.94. The monoisotopic (exact) mass is 379 g/mol. The van der Waals surface area contributed by atoms with E-state index in [-0.39, 0.29) is 40.9 Å². The standard InChI is InChI=1S/C22H18ClNO3/c1-13-6-5-9-16-19(13)22(27)24(21(16)26)18-11-10-15(23)12-17(18)20(25)14-7-3-2-4-8-14/h2-8,10-13,16,19H,9H2,1H3. The summed E-state index contributed by atoms with van der Waals surface area (Å²) in [5.41, 5.74) is 1.05. The molecule has 136 valence electrons. The van der Waals surface area contributed by atoms with Crippen molar-refractivity contribution < 1.29 is 14.4 Å². The Morgan fingerprint density at radius 2 is 1.81 bits per heavy atom. The van der Waals surface area contributed by atoms with Crippen molar-refractivity contribution >= 4 is 34.9 Å². The third-order valence-electron chi connectivity index (χ3n) is 5.35. The summed E-state index contributed by atoms with van der Waals surface area (Å²) < 4.78 is 0. The highest BCUT2D eigenvalue weighted by Crippen LogP contribution is 2.41. The van der Waals surface area contributed by atoms with Gasteiger partial charge in [-0.1, -0.05) is 61.0 Å². The van der Waals surface area contributed by atoms with Crippen LogP contribution < -0.4 is 4.90 Å². The fourth-order valence-electron chi connectivity index (χ4n) is 4.02. The van der Waals surface area contributed by atoms with Crippen LogP contribution in [0.15, 0.2) is 60.7 Å². The van der Waals surface area contributed by atoms with E-state index in [1.54, 1.807) is 36.4 Å². The van der Waals surface area contributed by atoms with E-state index in [0.29, 0.717) is 22.7 Å². The summed E-state index contributed by atoms with van der Waals surface area (Å²) in [7, 11) is 0. The number of amides is 2. The van der Waals surface area contributed by atoms with Gasteiger partial charge in [-0.15, -0.1) is 0 Å². The Morgan fingerprint density at radius 1 is 1.07 bits per heavy atom. The van der Waals surface area contributed by atoms with Gasteiger partial charge < -0.3 is 0 Å². The van der Waals surface area contributed by atoms with Crippen LogP contribution in [0.2, 0.25) is 5.02 Å². The Labute approximate surface area is 162 Å². The first-order valence-electron chi connectivity index (χ1n) is 8.93. The largest absolute Gasteiger partial charge is 0.289 e. The van der Waals surface area contributed by atoms with Crippen LogP contribution in [-0.4, -0.2) is 17.6 Å². The number of anilines is 1. The number of halogens is 1. The number of carbonyl (C=O) groups is 3. The van der Waals surface area contributed by atoms with E-state index in [9.17, 15) is 14.4 Å². The molecule has 2 amide bonds. The molecular formula is C22H18ClNO3. The van der Waals surface area contributed by atoms with Crippen molar-refractivity contribution in [3.05, 3.63) is 76.8 Å². The van der Waals surface area contributed by atoms with Crippen LogP contribution in [0.25, 0.3) is 0 Å². The van der Waals surface area contributed by atoms with Gasteiger partial charge in [-0.25, -0.2) is 4.90 Å². The average Bonchev–Trinajstić information content (AvgIpc) is 2.94. The van der Waals surface area contributed by atoms with E-state index >= 15 is 0 Å². The predicted octanol–water partition coefficient (Wildman–Crippen LogP) is 4.27. The molecule has 1 aliphatic heterocycles. The Kier molecular flexibility index (Phi) is 4.44. The van der Waals surface area contributed by atoms with Crippen LogP contribution in [0.1, 0.15) is 29.3 Å². The molecule has 2 aliphatic rings. The first kappa shape index (κ1) is 17.7. The maximum absolute atomic E-state index is 13.1. The van der Waals surface area contributed by atoms with Gasteiger partial charge in [-0.3, -0.25) is 14.4 Å². The molecule has 2 aromatic rings. The molecule has 1 aliphatic carbocycles. The van der Waals surface area contributed by atoms with Crippen LogP contribution >= 0.6 is 11.6 Å². The van der Waals surface area contributed by atoms with Gasteiger partial charge in [-0.2, -0.15) is 0 Å². The molecule has 3 unspecified atom stereocenters. The molecule has 0 radical (unpaired) electrons. The molecule has 1 saturated heterocycles. The summed E-state index contributed by atoms with van der Waals surface area (Å²) in [5, 5.41) is 0.379. The number of allylic oxidation sites excluding steroid dienone is 2. The molecule has 1 heterocycles. The third kappa shape index (κ3) is 2.90. The van der Waals surface area contributed by atoms with Crippen LogP contribution in [0.4, 0.5) is 5.69 Å². The number of rotatable bonds is 3. The molecule has 0 bridgehead atoms. The Bertz CT molecular complexity index is 967. The van der Waals surface area contributed by atoms with Crippen molar-refractivity contribution in [3.63, 3.8) is 0 Å². The number of hydrogen-bond acceptors (Lipinski definition) is 3. The molecule has 27 heavy (non-hydrogen) atoms. The molecule has 1 fully saturated rings. The van der Waals surface area contributed by atoms with Crippen molar-refractivity contribution in [3.8, 4) is 0 Å². The quantitative estimate of drug-likeness (QED) is 0.454. The molecule has 0 N–H and O–H groups in total. The number of fused-ring (bicyclic) bond motifs is 1. The zero-order chi connectivity index (χ0) is 19.1. The van der Waals surface area contributed by atoms with Crippen LogP contribution in [0.3, 0.4) is 0 Å². The first-order valence-corrected chi connectivity index (χ1v) is 9.30. The lowest BCUT2D eigenvalue weighted by molar-refractivity contribution is -0.122. The van der Waals surface area contributed by atoms with Gasteiger partial charge in [0, 0.05) is 16.1 Å². The Hall–Kier alpha value is -2.72. The van der Waals surface area contributed by atoms with Crippen molar-refractivity contribution in [2.75, 3.05) is 4.90 Å². The molecule has 0 aromatic heterocycles. The molecular weight excluding hydrogens is 362 g/mol. The molecule has 4 rings (SSSR count). The summed E-state index contributed by atoms with van der Waals surface area (Å²) in [6, 6.07) is 13.5. The number of imide groups is 1. The molecule has 0 saturated carbocycles. The van der Waals surface area contributed by atoms with Crippen LogP contribution in [0.5, 0.6) is 0 Å². The number of hydrogen-bond donors (Lipinski definition) is 0. The maximum atomic E-state index is 13.1. The zero-order valence-corrected chi connectivity index (χ0v) is 15.5. The SMILES string of the molecule is CC1C=CCC2C(=O)N(c3ccc(Cl)cc3C(=O)c3ccccc3)C(=O)C12. The normalized spacial score (nSPS) is 24.2. The minimum Gasteiger partial charge on any atom is -0.289 e. The second kappa shape index (κ2) is 6.78. The minimum absolute atomic E-state index is 0.00854. The number of carbonyl (C=O) groups excluding carboxylic acids is 3. The van der Waals surface area contributed by atoms with Crippen molar-refractivity contribution in [1.82, 2.24) is 0 Å². The predicted molar refractivity (Wildman–Crippen MR) is 104 cm³/mol. The highest BCUT2D eigenvalue weighted by molar-refractivity contribution is 6.32. The lowest BCUT2D eigenvalue weighted by Crippen LogP contribution is -2.33. The van der Waals surface area contributed by atoms with E-state index in [1.807, 2.05) is 25.1 Å². The van der Waals surface area contributed by atoms with Gasteiger partial charge in [0.25, 0.3) is 0 Å². The highest BCUT2D eigenvalue weighted by atomic mass is 35.5. The van der Waals surface area contributed by atoms with E-state index in [0.717, 1.165) is 0 Å². The fourth-order valence-corrected chi connectivity index (χ4v) is 4.19. The second-order valence-corrected chi connectivity index (χ2v) is 7.46. The minimum atomic E-state index is -0.377. The van der Waals surface area contributed by atoms with Gasteiger partial charge in [0.15, 0.2) is 5.78 Å². The second-order valence-electron chi connectivity index (χ2n) is 7.02. The van der Waals surface area contributed by atoms with Gasteiger partial charge in [0.2, 0.25) is 11.8 Å². The van der Waals surface area contributed by atoms with E-state index in [1.165, 1.54) is 11.0 Å². The number of ketones is 1. The molecule has 2 aromatic carbocycles. The van der Waals surface area contributed by atoms with Crippen LogP contribution in [-0.2, 0) is 9.59 Å².